The van der Waals surface area contributed by atoms with Gasteiger partial charge in [0.1, 0.15) is 5.75 Å². The maximum Gasteiger partial charge on any atom is 0.185 e. The van der Waals surface area contributed by atoms with Gasteiger partial charge in [0, 0.05) is 10.5 Å². The Morgan fingerprint density at radius 1 is 1.00 bits per heavy atom. The van der Waals surface area contributed by atoms with Gasteiger partial charge in [-0.3, -0.25) is 4.79 Å². The first kappa shape index (κ1) is 14.8. The average Bonchev–Trinajstić information content (AvgIpc) is 2.48. The van der Waals surface area contributed by atoms with Crippen molar-refractivity contribution < 1.29 is 13.2 Å². The van der Waals surface area contributed by atoms with E-state index in [-0.39, 0.29) is 10.7 Å². The highest BCUT2D eigenvalue weighted by atomic mass is 32.2. The number of thioether (sulfide) groups is 1. The number of benzene rings is 2. The molecule has 0 N–H and O–H groups in total. The van der Waals surface area contributed by atoms with Crippen molar-refractivity contribution in [2.24, 2.45) is 0 Å². The zero-order valence-electron chi connectivity index (χ0n) is 10.9. The Hall–Kier alpha value is -1.59. The summed E-state index contributed by atoms with van der Waals surface area (Å²) in [7, 11) is -3.58. The Morgan fingerprint density at radius 3 is 2.15 bits per heavy atom. The molecule has 2 aromatic carbocycles. The van der Waals surface area contributed by atoms with Gasteiger partial charge in [-0.1, -0.05) is 30.3 Å². The highest BCUT2D eigenvalue weighted by Crippen LogP contribution is 2.17. The third-order valence-corrected chi connectivity index (χ3v) is 5.21. The third-order valence-electron chi connectivity index (χ3n) is 2.84. The van der Waals surface area contributed by atoms with E-state index in [0.717, 1.165) is 4.90 Å². The summed E-state index contributed by atoms with van der Waals surface area (Å²) in [6.45, 7) is 0. The first-order chi connectivity index (χ1) is 9.53. The van der Waals surface area contributed by atoms with Crippen LogP contribution in [0.15, 0.2) is 64.4 Å². The minimum absolute atomic E-state index is 0.175. The van der Waals surface area contributed by atoms with Crippen molar-refractivity contribution in [3.8, 4) is 0 Å². The van der Waals surface area contributed by atoms with Crippen molar-refractivity contribution in [3.63, 3.8) is 0 Å². The molecule has 0 aromatic heterocycles. The van der Waals surface area contributed by atoms with Gasteiger partial charge in [0.25, 0.3) is 0 Å². The fourth-order valence-corrected chi connectivity index (χ4v) is 3.40. The van der Waals surface area contributed by atoms with Gasteiger partial charge in [0.2, 0.25) is 0 Å². The van der Waals surface area contributed by atoms with E-state index in [4.69, 9.17) is 0 Å². The van der Waals surface area contributed by atoms with E-state index in [1.807, 2.05) is 18.4 Å². The van der Waals surface area contributed by atoms with E-state index >= 15 is 0 Å². The number of rotatable bonds is 5. The van der Waals surface area contributed by atoms with Crippen molar-refractivity contribution in [2.75, 3.05) is 12.0 Å². The maximum absolute atomic E-state index is 12.1. The average molecular weight is 306 g/mol. The second kappa shape index (κ2) is 6.24. The molecule has 104 valence electrons. The predicted molar refractivity (Wildman–Crippen MR) is 81.0 cm³/mol. The highest BCUT2D eigenvalue weighted by molar-refractivity contribution is 7.98. The van der Waals surface area contributed by atoms with Gasteiger partial charge in [0.05, 0.1) is 4.90 Å². The van der Waals surface area contributed by atoms with Crippen LogP contribution in [0.2, 0.25) is 0 Å². The fraction of sp³-hybridized carbons (Fsp3) is 0.133. The molecule has 0 unspecified atom stereocenters. The fourth-order valence-electron chi connectivity index (χ4n) is 1.74. The van der Waals surface area contributed by atoms with Gasteiger partial charge >= 0.3 is 0 Å². The Morgan fingerprint density at radius 2 is 1.60 bits per heavy atom. The number of sulfone groups is 1. The van der Waals surface area contributed by atoms with E-state index in [1.165, 1.54) is 12.1 Å². The molecule has 0 fully saturated rings. The molecule has 0 aliphatic carbocycles. The molecular formula is C15H14O3S2. The molecule has 0 aliphatic rings. The third kappa shape index (κ3) is 3.49. The van der Waals surface area contributed by atoms with E-state index in [1.54, 1.807) is 42.1 Å². The molecule has 0 radical (unpaired) electrons. The number of hydrogen-bond donors (Lipinski definition) is 0. The first-order valence-corrected chi connectivity index (χ1v) is 8.86. The normalized spacial score (nSPS) is 11.2. The lowest BCUT2D eigenvalue weighted by Crippen LogP contribution is -2.16. The van der Waals surface area contributed by atoms with E-state index in [2.05, 4.69) is 0 Å². The lowest BCUT2D eigenvalue weighted by Gasteiger charge is -2.04. The van der Waals surface area contributed by atoms with Gasteiger partial charge in [0.15, 0.2) is 15.6 Å². The van der Waals surface area contributed by atoms with Crippen LogP contribution < -0.4 is 0 Å². The highest BCUT2D eigenvalue weighted by Gasteiger charge is 2.19. The number of carbonyl (C=O) groups excluding carboxylic acids is 1. The zero-order valence-corrected chi connectivity index (χ0v) is 12.6. The molecule has 0 aliphatic heterocycles. The number of hydrogen-bond acceptors (Lipinski definition) is 4. The number of ketones is 1. The minimum atomic E-state index is -3.58. The van der Waals surface area contributed by atoms with Crippen LogP contribution in [0.4, 0.5) is 0 Å². The second-order valence-electron chi connectivity index (χ2n) is 4.22. The Bertz CT molecular complexity index is 690. The van der Waals surface area contributed by atoms with Gasteiger partial charge in [-0.25, -0.2) is 8.42 Å². The van der Waals surface area contributed by atoms with Crippen LogP contribution in [0, 0.1) is 0 Å². The van der Waals surface area contributed by atoms with E-state index in [9.17, 15) is 13.2 Å². The topological polar surface area (TPSA) is 51.2 Å². The summed E-state index contributed by atoms with van der Waals surface area (Å²) in [5, 5.41) is 0. The molecule has 0 saturated heterocycles. The van der Waals surface area contributed by atoms with Crippen LogP contribution in [0.25, 0.3) is 0 Å². The molecule has 3 nitrogen and oxygen atoms in total. The summed E-state index contributed by atoms with van der Waals surface area (Å²) in [6, 6.07) is 15.0. The quantitative estimate of drug-likeness (QED) is 0.629. The largest absolute Gasteiger partial charge is 0.293 e. The SMILES string of the molecule is CSc1ccc(C(=O)CS(=O)(=O)c2ccccc2)cc1. The molecule has 0 heterocycles. The first-order valence-electron chi connectivity index (χ1n) is 5.98. The molecule has 0 atom stereocenters. The monoisotopic (exact) mass is 306 g/mol. The van der Waals surface area contributed by atoms with Gasteiger partial charge in [-0.15, -0.1) is 11.8 Å². The van der Waals surface area contributed by atoms with Crippen molar-refractivity contribution in [3.05, 3.63) is 60.2 Å². The van der Waals surface area contributed by atoms with E-state index in [0.29, 0.717) is 5.56 Å². The predicted octanol–water partition coefficient (Wildman–Crippen LogP) is 3.07. The van der Waals surface area contributed by atoms with Crippen molar-refractivity contribution in [2.45, 2.75) is 9.79 Å². The molecule has 2 rings (SSSR count). The summed E-state index contributed by atoms with van der Waals surface area (Å²) < 4.78 is 24.2. The Balaban J connectivity index is 2.18. The van der Waals surface area contributed by atoms with E-state index < -0.39 is 15.6 Å². The van der Waals surface area contributed by atoms with Crippen molar-refractivity contribution >= 4 is 27.4 Å². The van der Waals surface area contributed by atoms with Crippen LogP contribution in [0.3, 0.4) is 0 Å². The molecule has 0 bridgehead atoms. The van der Waals surface area contributed by atoms with Gasteiger partial charge < -0.3 is 0 Å². The lowest BCUT2D eigenvalue weighted by atomic mass is 10.1. The van der Waals surface area contributed by atoms with Crippen LogP contribution >= 0.6 is 11.8 Å². The number of carbonyl (C=O) groups is 1. The number of Topliss-reactive ketones (excluding diaryl/α,β-unsaturated/α-hetero) is 1. The molecule has 0 amide bonds. The van der Waals surface area contributed by atoms with Crippen LogP contribution in [-0.2, 0) is 9.84 Å². The molecule has 0 spiro atoms. The summed E-state index contributed by atoms with van der Waals surface area (Å²) >= 11 is 1.57. The van der Waals surface area contributed by atoms with Crippen LogP contribution in [-0.4, -0.2) is 26.2 Å². The lowest BCUT2D eigenvalue weighted by molar-refractivity contribution is 0.102. The summed E-state index contributed by atoms with van der Waals surface area (Å²) in [6.07, 6.45) is 1.94. The molecular weight excluding hydrogens is 292 g/mol. The molecule has 2 aromatic rings. The zero-order chi connectivity index (χ0) is 14.6. The van der Waals surface area contributed by atoms with Crippen LogP contribution in [0.5, 0.6) is 0 Å². The maximum atomic E-state index is 12.1. The van der Waals surface area contributed by atoms with Crippen molar-refractivity contribution in [1.29, 1.82) is 0 Å². The summed E-state index contributed by atoms with van der Waals surface area (Å²) in [5.41, 5.74) is 0.419. The Labute approximate surface area is 122 Å². The second-order valence-corrected chi connectivity index (χ2v) is 7.09. The molecule has 0 saturated carbocycles. The van der Waals surface area contributed by atoms with Gasteiger partial charge in [-0.05, 0) is 30.5 Å². The molecule has 20 heavy (non-hydrogen) atoms. The van der Waals surface area contributed by atoms with Crippen molar-refractivity contribution in [1.82, 2.24) is 0 Å². The Kier molecular flexibility index (Phi) is 4.62. The standard InChI is InChI=1S/C15H14O3S2/c1-19-13-9-7-12(8-10-13)15(16)11-20(17,18)14-5-3-2-4-6-14/h2-10H,11H2,1H3. The minimum Gasteiger partial charge on any atom is -0.293 e. The molecule has 5 heteroatoms. The van der Waals surface area contributed by atoms with Crippen LogP contribution in [0.1, 0.15) is 10.4 Å². The van der Waals surface area contributed by atoms with Gasteiger partial charge in [-0.2, -0.15) is 0 Å². The summed E-state index contributed by atoms with van der Waals surface area (Å²) in [4.78, 5) is 13.3. The summed E-state index contributed by atoms with van der Waals surface area (Å²) in [5.74, 6) is -0.892. The smallest absolute Gasteiger partial charge is 0.185 e.